The van der Waals surface area contributed by atoms with E-state index in [9.17, 15) is 4.79 Å². The first-order valence-electron chi connectivity index (χ1n) is 5.08. The molecule has 80 valence electrons. The topological polar surface area (TPSA) is 58.1 Å². The predicted octanol–water partition coefficient (Wildman–Crippen LogP) is -0.306. The Balaban J connectivity index is 1.99. The van der Waals surface area contributed by atoms with E-state index in [0.29, 0.717) is 6.29 Å². The van der Waals surface area contributed by atoms with Crippen LogP contribution in [0, 0.1) is 0 Å². The fraction of sp³-hybridized carbons (Fsp3) is 0.500. The van der Waals surface area contributed by atoms with Gasteiger partial charge in [-0.25, -0.2) is 9.97 Å². The van der Waals surface area contributed by atoms with Gasteiger partial charge in [-0.1, -0.05) is 0 Å². The lowest BCUT2D eigenvalue weighted by atomic mass is 10.3. The van der Waals surface area contributed by atoms with Gasteiger partial charge in [0.1, 0.15) is 0 Å². The number of hydrogen-bond acceptors (Lipinski definition) is 5. The van der Waals surface area contributed by atoms with Gasteiger partial charge >= 0.3 is 0 Å². The van der Waals surface area contributed by atoms with Crippen molar-refractivity contribution in [3.8, 4) is 0 Å². The van der Waals surface area contributed by atoms with Gasteiger partial charge in [0.25, 0.3) is 0 Å². The molecular formula is C10H14N4O. The number of nitrogens with zero attached hydrogens (tertiary/aromatic N) is 3. The number of aldehydes is 1. The normalized spacial score (nSPS) is 17.6. The highest BCUT2D eigenvalue weighted by molar-refractivity contribution is 5.68. The van der Waals surface area contributed by atoms with Crippen LogP contribution in [0.4, 0.5) is 0 Å². The molecule has 0 spiro atoms. The maximum atomic E-state index is 10.5. The van der Waals surface area contributed by atoms with Crippen molar-refractivity contribution in [1.29, 1.82) is 0 Å². The van der Waals surface area contributed by atoms with Crippen molar-refractivity contribution < 1.29 is 4.79 Å². The molecule has 0 amide bonds. The van der Waals surface area contributed by atoms with Crippen LogP contribution in [0.25, 0.3) is 0 Å². The fourth-order valence-electron chi connectivity index (χ4n) is 1.66. The van der Waals surface area contributed by atoms with Crippen molar-refractivity contribution >= 4 is 6.29 Å². The van der Waals surface area contributed by atoms with Crippen molar-refractivity contribution in [2.45, 2.75) is 6.54 Å². The van der Waals surface area contributed by atoms with E-state index >= 15 is 0 Å². The quantitative estimate of drug-likeness (QED) is 0.688. The number of carbonyl (C=O) groups excluding carboxylic acids is 1. The molecular weight excluding hydrogens is 192 g/mol. The third-order valence-electron chi connectivity index (χ3n) is 2.43. The van der Waals surface area contributed by atoms with E-state index in [1.54, 1.807) is 6.20 Å². The number of hydrogen-bond donors (Lipinski definition) is 1. The summed E-state index contributed by atoms with van der Waals surface area (Å²) in [7, 11) is 0. The fourth-order valence-corrected chi connectivity index (χ4v) is 1.66. The largest absolute Gasteiger partial charge is 0.314 e. The molecule has 0 aromatic carbocycles. The minimum absolute atomic E-state index is 0.266. The van der Waals surface area contributed by atoms with Crippen molar-refractivity contribution in [3.63, 3.8) is 0 Å². The van der Waals surface area contributed by atoms with Gasteiger partial charge in [-0.15, -0.1) is 0 Å². The summed E-state index contributed by atoms with van der Waals surface area (Å²) < 4.78 is 0. The van der Waals surface area contributed by atoms with Gasteiger partial charge in [0.15, 0.2) is 12.1 Å². The van der Waals surface area contributed by atoms with E-state index in [0.717, 1.165) is 38.4 Å². The monoisotopic (exact) mass is 206 g/mol. The lowest BCUT2D eigenvalue weighted by Crippen LogP contribution is -2.43. The van der Waals surface area contributed by atoms with E-state index in [1.807, 2.05) is 6.07 Å². The molecule has 0 saturated carbocycles. The lowest BCUT2D eigenvalue weighted by molar-refractivity contribution is 0.111. The van der Waals surface area contributed by atoms with Crippen LogP contribution in [0.15, 0.2) is 12.3 Å². The highest BCUT2D eigenvalue weighted by atomic mass is 16.1. The molecule has 1 aliphatic heterocycles. The lowest BCUT2D eigenvalue weighted by Gasteiger charge is -2.26. The molecule has 1 aliphatic rings. The molecule has 0 aliphatic carbocycles. The molecule has 0 unspecified atom stereocenters. The molecule has 0 bridgehead atoms. The molecule has 2 heterocycles. The van der Waals surface area contributed by atoms with Crippen LogP contribution in [0.3, 0.4) is 0 Å². The van der Waals surface area contributed by atoms with E-state index in [4.69, 9.17) is 0 Å². The number of carbonyl (C=O) groups is 1. The number of rotatable bonds is 3. The van der Waals surface area contributed by atoms with Gasteiger partial charge in [-0.3, -0.25) is 9.69 Å². The number of nitrogens with one attached hydrogen (secondary N) is 1. The third kappa shape index (κ3) is 2.81. The Labute approximate surface area is 88.5 Å². The van der Waals surface area contributed by atoms with E-state index in [-0.39, 0.29) is 5.82 Å². The van der Waals surface area contributed by atoms with E-state index in [2.05, 4.69) is 20.2 Å². The summed E-state index contributed by atoms with van der Waals surface area (Å²) in [4.78, 5) is 20.8. The van der Waals surface area contributed by atoms with Gasteiger partial charge in [-0.05, 0) is 6.07 Å². The Morgan fingerprint density at radius 3 is 3.00 bits per heavy atom. The number of aromatic nitrogens is 2. The molecule has 0 atom stereocenters. The van der Waals surface area contributed by atoms with Crippen LogP contribution in [0.5, 0.6) is 0 Å². The highest BCUT2D eigenvalue weighted by Crippen LogP contribution is 2.02. The third-order valence-corrected chi connectivity index (χ3v) is 2.43. The van der Waals surface area contributed by atoms with Gasteiger partial charge in [-0.2, -0.15) is 0 Å². The summed E-state index contributed by atoms with van der Waals surface area (Å²) in [6.07, 6.45) is 2.32. The van der Waals surface area contributed by atoms with Crippen LogP contribution in [-0.4, -0.2) is 47.3 Å². The van der Waals surface area contributed by atoms with Crippen LogP contribution in [0.2, 0.25) is 0 Å². The molecule has 1 N–H and O–H groups in total. The molecule has 1 fully saturated rings. The average Bonchev–Trinajstić information content (AvgIpc) is 2.31. The van der Waals surface area contributed by atoms with Gasteiger partial charge in [0.2, 0.25) is 0 Å². The molecule has 0 radical (unpaired) electrons. The smallest absolute Gasteiger partial charge is 0.192 e. The second-order valence-corrected chi connectivity index (χ2v) is 3.55. The zero-order valence-corrected chi connectivity index (χ0v) is 8.52. The zero-order chi connectivity index (χ0) is 10.5. The molecule has 2 rings (SSSR count). The zero-order valence-electron chi connectivity index (χ0n) is 8.52. The predicted molar refractivity (Wildman–Crippen MR) is 55.6 cm³/mol. The minimum atomic E-state index is 0.266. The summed E-state index contributed by atoms with van der Waals surface area (Å²) in [5, 5.41) is 3.29. The Bertz CT molecular complexity index is 336. The Morgan fingerprint density at radius 1 is 1.47 bits per heavy atom. The highest BCUT2D eigenvalue weighted by Gasteiger charge is 2.10. The second-order valence-electron chi connectivity index (χ2n) is 3.55. The van der Waals surface area contributed by atoms with Crippen molar-refractivity contribution in [2.75, 3.05) is 26.2 Å². The first-order chi connectivity index (χ1) is 7.38. The van der Waals surface area contributed by atoms with E-state index in [1.165, 1.54) is 0 Å². The molecule has 1 aromatic heterocycles. The molecule has 5 heteroatoms. The van der Waals surface area contributed by atoms with Crippen LogP contribution in [-0.2, 0) is 6.54 Å². The van der Waals surface area contributed by atoms with Crippen LogP contribution in [0.1, 0.15) is 16.3 Å². The molecule has 1 saturated heterocycles. The maximum absolute atomic E-state index is 10.5. The molecule has 5 nitrogen and oxygen atoms in total. The Hall–Kier alpha value is -1.33. The molecule has 1 aromatic rings. The summed E-state index contributed by atoms with van der Waals surface area (Å²) in [5.41, 5.74) is 0.911. The van der Waals surface area contributed by atoms with Crippen LogP contribution >= 0.6 is 0 Å². The first kappa shape index (κ1) is 10.2. The van der Waals surface area contributed by atoms with E-state index < -0.39 is 0 Å². The molecule has 15 heavy (non-hydrogen) atoms. The summed E-state index contributed by atoms with van der Waals surface area (Å²) >= 11 is 0. The summed E-state index contributed by atoms with van der Waals surface area (Å²) in [5.74, 6) is 0.266. The number of piperazine rings is 1. The van der Waals surface area contributed by atoms with Crippen molar-refractivity contribution in [1.82, 2.24) is 20.2 Å². The SMILES string of the molecule is O=Cc1nccc(CN2CCNCC2)n1. The van der Waals surface area contributed by atoms with Gasteiger partial charge in [0.05, 0.1) is 5.69 Å². The maximum Gasteiger partial charge on any atom is 0.192 e. The van der Waals surface area contributed by atoms with Crippen molar-refractivity contribution in [2.24, 2.45) is 0 Å². The summed E-state index contributed by atoms with van der Waals surface area (Å²) in [6, 6.07) is 1.86. The standard InChI is InChI=1S/C10H14N4O/c15-8-10-12-2-1-9(13-10)7-14-5-3-11-4-6-14/h1-2,8,11H,3-7H2. The van der Waals surface area contributed by atoms with Gasteiger partial charge < -0.3 is 5.32 Å². The van der Waals surface area contributed by atoms with Gasteiger partial charge in [0, 0.05) is 38.9 Å². The Morgan fingerprint density at radius 2 is 2.27 bits per heavy atom. The summed E-state index contributed by atoms with van der Waals surface area (Å²) in [6.45, 7) is 4.89. The Kier molecular flexibility index (Phi) is 3.37. The van der Waals surface area contributed by atoms with Crippen molar-refractivity contribution in [3.05, 3.63) is 23.8 Å². The second kappa shape index (κ2) is 4.95. The first-order valence-corrected chi connectivity index (χ1v) is 5.08. The minimum Gasteiger partial charge on any atom is -0.314 e. The average molecular weight is 206 g/mol. The van der Waals surface area contributed by atoms with Crippen LogP contribution < -0.4 is 5.32 Å².